The summed E-state index contributed by atoms with van der Waals surface area (Å²) in [4.78, 5) is 40.8. The largest absolute Gasteiger partial charge is 0.463 e. The van der Waals surface area contributed by atoms with Crippen LogP contribution in [0.1, 0.15) is 22.8 Å². The van der Waals surface area contributed by atoms with Gasteiger partial charge in [0.25, 0.3) is 5.91 Å². The number of fused-ring (bicyclic) bond motifs is 1. The number of carbonyl (C=O) groups is 3. The zero-order valence-electron chi connectivity index (χ0n) is 17.2. The molecule has 4 rings (SSSR count). The number of para-hydroxylation sites is 1. The van der Waals surface area contributed by atoms with Gasteiger partial charge in [-0.3, -0.25) is 25.2 Å². The lowest BCUT2D eigenvalue weighted by Gasteiger charge is -2.11. The lowest BCUT2D eigenvalue weighted by molar-refractivity contribution is -0.121. The minimum atomic E-state index is -0.467. The van der Waals surface area contributed by atoms with Crippen molar-refractivity contribution in [1.82, 2.24) is 15.8 Å². The van der Waals surface area contributed by atoms with Gasteiger partial charge in [0, 0.05) is 18.0 Å². The predicted molar refractivity (Wildman–Crippen MR) is 120 cm³/mol. The number of nitrogens with zero attached hydrogens (tertiary/aromatic N) is 1. The van der Waals surface area contributed by atoms with E-state index < -0.39 is 5.91 Å². The second kappa shape index (κ2) is 9.13. The summed E-state index contributed by atoms with van der Waals surface area (Å²) in [5.74, 6) is -0.477. The topological polar surface area (TPSA) is 113 Å². The van der Waals surface area contributed by atoms with Crippen LogP contribution < -0.4 is 16.2 Å². The number of rotatable bonds is 5. The van der Waals surface area contributed by atoms with Gasteiger partial charge in [-0.05, 0) is 42.0 Å². The first kappa shape index (κ1) is 20.8. The van der Waals surface area contributed by atoms with Gasteiger partial charge >= 0.3 is 0 Å². The molecule has 0 aliphatic rings. The Bertz CT molecular complexity index is 1280. The highest BCUT2D eigenvalue weighted by Crippen LogP contribution is 2.25. The van der Waals surface area contributed by atoms with Crippen molar-refractivity contribution < 1.29 is 18.8 Å². The minimum absolute atomic E-state index is 0.0649. The number of hydrogen-bond acceptors (Lipinski definition) is 5. The van der Waals surface area contributed by atoms with Gasteiger partial charge < -0.3 is 9.73 Å². The summed E-state index contributed by atoms with van der Waals surface area (Å²) in [6.07, 6.45) is 1.60. The maximum atomic E-state index is 12.9. The third-order valence-corrected chi connectivity index (χ3v) is 4.69. The van der Waals surface area contributed by atoms with E-state index in [0.717, 1.165) is 5.56 Å². The normalized spacial score (nSPS) is 10.5. The second-order valence-corrected chi connectivity index (χ2v) is 7.11. The lowest BCUT2D eigenvalue weighted by Crippen LogP contribution is -2.42. The molecule has 0 fully saturated rings. The summed E-state index contributed by atoms with van der Waals surface area (Å²) in [6, 6.07) is 19.3. The molecular weight excluding hydrogens is 408 g/mol. The van der Waals surface area contributed by atoms with Crippen molar-refractivity contribution in [1.29, 1.82) is 0 Å². The van der Waals surface area contributed by atoms with Crippen LogP contribution in [0, 0.1) is 0 Å². The van der Waals surface area contributed by atoms with Crippen LogP contribution >= 0.6 is 0 Å². The summed E-state index contributed by atoms with van der Waals surface area (Å²) in [5, 5.41) is 3.32. The van der Waals surface area contributed by atoms with Gasteiger partial charge in [-0.25, -0.2) is 4.98 Å². The Morgan fingerprint density at radius 3 is 2.44 bits per heavy atom. The number of amides is 3. The van der Waals surface area contributed by atoms with E-state index in [1.165, 1.54) is 13.2 Å². The number of furan rings is 1. The minimum Gasteiger partial charge on any atom is -0.463 e. The van der Waals surface area contributed by atoms with Crippen molar-refractivity contribution in [3.8, 4) is 11.5 Å². The van der Waals surface area contributed by atoms with E-state index in [-0.39, 0.29) is 18.2 Å². The number of hydrazine groups is 1. The maximum absolute atomic E-state index is 12.9. The molecule has 0 aliphatic heterocycles. The quantitative estimate of drug-likeness (QED) is 0.421. The van der Waals surface area contributed by atoms with Gasteiger partial charge in [-0.1, -0.05) is 30.3 Å². The van der Waals surface area contributed by atoms with Gasteiger partial charge in [0.2, 0.25) is 11.8 Å². The molecule has 0 saturated heterocycles. The van der Waals surface area contributed by atoms with Crippen molar-refractivity contribution in [2.24, 2.45) is 0 Å². The molecule has 2 heterocycles. The monoisotopic (exact) mass is 428 g/mol. The van der Waals surface area contributed by atoms with E-state index in [1.54, 1.807) is 48.5 Å². The fraction of sp³-hybridized carbons (Fsp3) is 0.0833. The van der Waals surface area contributed by atoms with E-state index in [0.29, 0.717) is 33.6 Å². The van der Waals surface area contributed by atoms with Crippen LogP contribution in [0.5, 0.6) is 0 Å². The summed E-state index contributed by atoms with van der Waals surface area (Å²) in [6.45, 7) is 1.42. The maximum Gasteiger partial charge on any atom is 0.270 e. The molecule has 4 aromatic rings. The average molecular weight is 428 g/mol. The van der Waals surface area contributed by atoms with Gasteiger partial charge in [0.15, 0.2) is 5.76 Å². The number of aromatic nitrogens is 1. The summed E-state index contributed by atoms with van der Waals surface area (Å²) in [5.41, 5.74) is 7.81. The highest BCUT2D eigenvalue weighted by molar-refractivity contribution is 6.07. The van der Waals surface area contributed by atoms with Crippen LogP contribution in [0.2, 0.25) is 0 Å². The van der Waals surface area contributed by atoms with Crippen LogP contribution in [0.15, 0.2) is 77.4 Å². The third kappa shape index (κ3) is 4.81. The first-order valence-corrected chi connectivity index (χ1v) is 9.89. The Labute approximate surface area is 183 Å². The first-order valence-electron chi connectivity index (χ1n) is 9.89. The lowest BCUT2D eigenvalue weighted by atomic mass is 10.1. The molecular formula is C24H20N4O4. The van der Waals surface area contributed by atoms with E-state index in [9.17, 15) is 14.4 Å². The van der Waals surface area contributed by atoms with Gasteiger partial charge in [-0.15, -0.1) is 0 Å². The molecule has 2 aromatic carbocycles. The molecule has 0 unspecified atom stereocenters. The molecule has 0 radical (unpaired) electrons. The standard InChI is InChI=1S/C24H20N4O4/c1-15(29)25-17-10-8-16(9-11-17)13-23(30)27-28-24(31)19-14-21(22-7-4-12-32-22)26-20-6-3-2-5-18(19)20/h2-12,14H,13H2,1H3,(H,25,29)(H,27,30)(H,28,31). The fourth-order valence-electron chi connectivity index (χ4n) is 3.25. The number of nitrogens with one attached hydrogen (secondary N) is 3. The molecule has 8 nitrogen and oxygen atoms in total. The zero-order chi connectivity index (χ0) is 22.5. The van der Waals surface area contributed by atoms with Crippen LogP contribution in [0.25, 0.3) is 22.4 Å². The van der Waals surface area contributed by atoms with Crippen molar-refractivity contribution in [3.05, 3.63) is 84.1 Å². The van der Waals surface area contributed by atoms with Gasteiger partial charge in [0.1, 0.15) is 5.69 Å². The zero-order valence-corrected chi connectivity index (χ0v) is 17.2. The average Bonchev–Trinajstić information content (AvgIpc) is 3.33. The molecule has 32 heavy (non-hydrogen) atoms. The summed E-state index contributed by atoms with van der Waals surface area (Å²) < 4.78 is 5.41. The van der Waals surface area contributed by atoms with Crippen LogP contribution in [-0.4, -0.2) is 22.7 Å². The Kier molecular flexibility index (Phi) is 5.94. The molecule has 0 spiro atoms. The molecule has 0 aliphatic carbocycles. The Balaban J connectivity index is 1.46. The Hall–Kier alpha value is -4.46. The van der Waals surface area contributed by atoms with Crippen LogP contribution in [0.3, 0.4) is 0 Å². The van der Waals surface area contributed by atoms with Crippen molar-refractivity contribution in [3.63, 3.8) is 0 Å². The Morgan fingerprint density at radius 2 is 1.72 bits per heavy atom. The third-order valence-electron chi connectivity index (χ3n) is 4.69. The molecule has 0 bridgehead atoms. The molecule has 0 saturated carbocycles. The highest BCUT2D eigenvalue weighted by atomic mass is 16.3. The SMILES string of the molecule is CC(=O)Nc1ccc(CC(=O)NNC(=O)c2cc(-c3ccco3)nc3ccccc23)cc1. The van der Waals surface area contributed by atoms with E-state index in [2.05, 4.69) is 21.2 Å². The van der Waals surface area contributed by atoms with Gasteiger partial charge in [-0.2, -0.15) is 0 Å². The summed E-state index contributed by atoms with van der Waals surface area (Å²) in [7, 11) is 0. The molecule has 3 N–H and O–H groups in total. The molecule has 8 heteroatoms. The highest BCUT2D eigenvalue weighted by Gasteiger charge is 2.15. The fourth-order valence-corrected chi connectivity index (χ4v) is 3.25. The number of hydrogen-bond donors (Lipinski definition) is 3. The smallest absolute Gasteiger partial charge is 0.270 e. The van der Waals surface area contributed by atoms with E-state index in [4.69, 9.17) is 4.42 Å². The number of carbonyl (C=O) groups excluding carboxylic acids is 3. The van der Waals surface area contributed by atoms with Crippen molar-refractivity contribution in [2.75, 3.05) is 5.32 Å². The van der Waals surface area contributed by atoms with Crippen molar-refractivity contribution >= 4 is 34.3 Å². The van der Waals surface area contributed by atoms with Gasteiger partial charge in [0.05, 0.1) is 23.8 Å². The van der Waals surface area contributed by atoms with E-state index >= 15 is 0 Å². The molecule has 2 aromatic heterocycles. The molecule has 3 amide bonds. The molecule has 0 atom stereocenters. The van der Waals surface area contributed by atoms with Crippen LogP contribution in [-0.2, 0) is 16.0 Å². The predicted octanol–water partition coefficient (Wildman–Crippen LogP) is 3.46. The second-order valence-electron chi connectivity index (χ2n) is 7.11. The van der Waals surface area contributed by atoms with E-state index in [1.807, 2.05) is 18.2 Å². The number of benzene rings is 2. The van der Waals surface area contributed by atoms with Crippen molar-refractivity contribution in [2.45, 2.75) is 13.3 Å². The molecule has 160 valence electrons. The van der Waals surface area contributed by atoms with Crippen LogP contribution in [0.4, 0.5) is 5.69 Å². The Morgan fingerprint density at radius 1 is 0.938 bits per heavy atom. The summed E-state index contributed by atoms with van der Waals surface area (Å²) >= 11 is 0. The first-order chi connectivity index (χ1) is 15.5. The number of anilines is 1. The number of pyridine rings is 1.